The smallest absolute Gasteiger partial charge is 0.329 e. The summed E-state index contributed by atoms with van der Waals surface area (Å²) in [7, 11) is -4.39. The molecular formula is C13H35N6O3P. The minimum absolute atomic E-state index is 0.0526. The summed E-state index contributed by atoms with van der Waals surface area (Å²) in [4.78, 5) is 19.0. The van der Waals surface area contributed by atoms with Gasteiger partial charge in [0.15, 0.2) is 0 Å². The molecule has 0 heterocycles. The zero-order valence-corrected chi connectivity index (χ0v) is 14.8. The highest BCUT2D eigenvalue weighted by Crippen LogP contribution is 2.49. The molecule has 0 rings (SSSR count). The van der Waals surface area contributed by atoms with Crippen molar-refractivity contribution in [3.8, 4) is 0 Å². The second-order valence-corrected chi connectivity index (χ2v) is 7.94. The average molecular weight is 354 g/mol. The molecule has 10 heteroatoms. The molecule has 0 amide bonds. The highest BCUT2D eigenvalue weighted by atomic mass is 31.2. The maximum atomic E-state index is 11.6. The van der Waals surface area contributed by atoms with Crippen molar-refractivity contribution in [1.29, 1.82) is 0 Å². The van der Waals surface area contributed by atoms with Crippen molar-refractivity contribution in [2.45, 2.75) is 43.4 Å². The Labute approximate surface area is 139 Å². The largest absolute Gasteiger partial charge is 0.346 e. The van der Waals surface area contributed by atoms with Crippen LogP contribution in [0.25, 0.3) is 0 Å². The molecule has 0 aromatic heterocycles. The first-order valence-electron chi connectivity index (χ1n) is 8.18. The molecule has 0 aliphatic heterocycles. The van der Waals surface area contributed by atoms with Gasteiger partial charge in [0.05, 0.1) is 0 Å². The topological polar surface area (TPSA) is 186 Å². The summed E-state index contributed by atoms with van der Waals surface area (Å²) < 4.78 is 11.6. The fourth-order valence-electron chi connectivity index (χ4n) is 2.25. The van der Waals surface area contributed by atoms with E-state index in [-0.39, 0.29) is 19.0 Å². The number of nitrogens with one attached hydrogen (secondary N) is 2. The van der Waals surface area contributed by atoms with Crippen LogP contribution in [0.4, 0.5) is 0 Å². The summed E-state index contributed by atoms with van der Waals surface area (Å²) in [5.74, 6) is 0. The van der Waals surface area contributed by atoms with E-state index < -0.39 is 12.9 Å². The van der Waals surface area contributed by atoms with Gasteiger partial charge in [0.2, 0.25) is 0 Å². The van der Waals surface area contributed by atoms with Crippen LogP contribution in [-0.4, -0.2) is 60.4 Å². The van der Waals surface area contributed by atoms with Crippen molar-refractivity contribution < 1.29 is 14.4 Å². The van der Waals surface area contributed by atoms with Crippen LogP contribution in [0.2, 0.25) is 0 Å². The summed E-state index contributed by atoms with van der Waals surface area (Å²) in [5.41, 5.74) is 22.6. The van der Waals surface area contributed by atoms with Crippen LogP contribution in [0.3, 0.4) is 0 Å². The van der Waals surface area contributed by atoms with Crippen molar-refractivity contribution in [3.05, 3.63) is 0 Å². The number of hydrogen-bond acceptors (Lipinski definition) is 7. The Morgan fingerprint density at radius 2 is 1.65 bits per heavy atom. The predicted octanol–water partition coefficient (Wildman–Crippen LogP) is -1.81. The molecule has 0 aromatic carbocycles. The van der Waals surface area contributed by atoms with Crippen molar-refractivity contribution in [3.63, 3.8) is 0 Å². The normalized spacial score (nSPS) is 16.3. The highest BCUT2D eigenvalue weighted by Gasteiger charge is 2.42. The summed E-state index contributed by atoms with van der Waals surface area (Å²) in [6.07, 6.45) is 3.50. The Bertz CT molecular complexity index is 344. The summed E-state index contributed by atoms with van der Waals surface area (Å²) >= 11 is 0. The predicted molar refractivity (Wildman–Crippen MR) is 93.9 cm³/mol. The summed E-state index contributed by atoms with van der Waals surface area (Å²) in [5, 5.41) is 4.51. The van der Waals surface area contributed by atoms with Gasteiger partial charge in [-0.05, 0) is 12.8 Å². The lowest BCUT2D eigenvalue weighted by molar-refractivity contribution is 0.306. The monoisotopic (exact) mass is 354 g/mol. The first-order chi connectivity index (χ1) is 10.8. The van der Waals surface area contributed by atoms with E-state index in [1.54, 1.807) is 0 Å². The van der Waals surface area contributed by atoms with Gasteiger partial charge in [0.1, 0.15) is 5.28 Å². The Hall–Kier alpha value is -0.0900. The van der Waals surface area contributed by atoms with E-state index >= 15 is 0 Å². The van der Waals surface area contributed by atoms with Gasteiger partial charge in [-0.1, -0.05) is 19.3 Å². The number of unbranched alkanes of at least 4 members (excludes halogenated alkanes) is 2. The molecular weight excluding hydrogens is 319 g/mol. The maximum absolute atomic E-state index is 11.6. The van der Waals surface area contributed by atoms with E-state index in [2.05, 4.69) is 10.6 Å². The van der Waals surface area contributed by atoms with Crippen molar-refractivity contribution >= 4 is 7.60 Å². The van der Waals surface area contributed by atoms with Gasteiger partial charge in [0.25, 0.3) is 0 Å². The Morgan fingerprint density at radius 1 is 1.04 bits per heavy atom. The van der Waals surface area contributed by atoms with Gasteiger partial charge in [0, 0.05) is 45.3 Å². The van der Waals surface area contributed by atoms with E-state index in [9.17, 15) is 14.4 Å². The standard InChI is InChI=1S/C13H35N6O3P/c14-6-8-18-10-12(16)4-2-1-3-5-13(17,23(20,21)22)11-19-9-7-15/h12,18-19H,1-11,14-17H2,(H2,20,21,22). The van der Waals surface area contributed by atoms with Crippen molar-refractivity contribution in [2.75, 3.05) is 39.3 Å². The summed E-state index contributed by atoms with van der Waals surface area (Å²) in [6, 6.07) is 0.0668. The average Bonchev–Trinajstić information content (AvgIpc) is 2.46. The van der Waals surface area contributed by atoms with E-state index in [1.807, 2.05) is 0 Å². The zero-order chi connectivity index (χ0) is 17.8. The van der Waals surface area contributed by atoms with Crippen LogP contribution in [0.1, 0.15) is 32.1 Å². The third kappa shape index (κ3) is 10.4. The fourth-order valence-corrected chi connectivity index (χ4v) is 3.02. The minimum Gasteiger partial charge on any atom is -0.329 e. The molecule has 0 fully saturated rings. The van der Waals surface area contributed by atoms with Crippen LogP contribution in [0.15, 0.2) is 0 Å². The van der Waals surface area contributed by atoms with Gasteiger partial charge in [-0.15, -0.1) is 0 Å². The summed E-state index contributed by atoms with van der Waals surface area (Å²) in [6.45, 7) is 2.99. The van der Waals surface area contributed by atoms with Crippen LogP contribution >= 0.6 is 7.60 Å². The zero-order valence-electron chi connectivity index (χ0n) is 13.9. The molecule has 0 aliphatic rings. The van der Waals surface area contributed by atoms with Crippen LogP contribution in [0, 0.1) is 0 Å². The Kier molecular flexibility index (Phi) is 12.2. The van der Waals surface area contributed by atoms with Crippen LogP contribution in [-0.2, 0) is 4.57 Å². The Balaban J connectivity index is 4.02. The van der Waals surface area contributed by atoms with E-state index in [4.69, 9.17) is 22.9 Å². The molecule has 9 nitrogen and oxygen atoms in total. The SMILES string of the molecule is NCCNCC(N)CCCCCC(N)(CNCCN)P(=O)(O)O. The van der Waals surface area contributed by atoms with Crippen molar-refractivity contribution in [2.24, 2.45) is 22.9 Å². The fraction of sp³-hybridized carbons (Fsp3) is 1.00. The van der Waals surface area contributed by atoms with Gasteiger partial charge in [-0.2, -0.15) is 0 Å². The molecule has 2 unspecified atom stereocenters. The molecule has 0 radical (unpaired) electrons. The molecule has 0 spiro atoms. The van der Waals surface area contributed by atoms with E-state index in [1.165, 1.54) is 0 Å². The third-order valence-electron chi connectivity index (χ3n) is 3.74. The molecule has 0 bridgehead atoms. The lowest BCUT2D eigenvalue weighted by atomic mass is 10.0. The highest BCUT2D eigenvalue weighted by molar-refractivity contribution is 7.53. The maximum Gasteiger partial charge on any atom is 0.346 e. The quantitative estimate of drug-likeness (QED) is 0.124. The molecule has 140 valence electrons. The lowest BCUT2D eigenvalue weighted by Gasteiger charge is -2.30. The molecule has 0 saturated heterocycles. The molecule has 0 aliphatic carbocycles. The lowest BCUT2D eigenvalue weighted by Crippen LogP contribution is -2.49. The van der Waals surface area contributed by atoms with Crippen LogP contribution < -0.4 is 33.6 Å². The first-order valence-corrected chi connectivity index (χ1v) is 9.79. The minimum atomic E-state index is -4.39. The van der Waals surface area contributed by atoms with Crippen molar-refractivity contribution in [1.82, 2.24) is 10.6 Å². The van der Waals surface area contributed by atoms with Gasteiger partial charge in [-0.3, -0.25) is 4.57 Å². The van der Waals surface area contributed by atoms with E-state index in [0.717, 1.165) is 32.4 Å². The van der Waals surface area contributed by atoms with Gasteiger partial charge >= 0.3 is 7.60 Å². The number of nitrogens with two attached hydrogens (primary N) is 4. The van der Waals surface area contributed by atoms with Gasteiger partial charge < -0.3 is 43.4 Å². The third-order valence-corrected chi connectivity index (χ3v) is 5.29. The molecule has 0 aromatic rings. The second-order valence-electron chi connectivity index (χ2n) is 5.97. The molecule has 12 N–H and O–H groups in total. The van der Waals surface area contributed by atoms with Gasteiger partial charge in [-0.25, -0.2) is 0 Å². The molecule has 23 heavy (non-hydrogen) atoms. The molecule has 0 saturated carbocycles. The molecule has 2 atom stereocenters. The van der Waals surface area contributed by atoms with Crippen LogP contribution in [0.5, 0.6) is 0 Å². The first kappa shape index (κ1) is 22.9. The Morgan fingerprint density at radius 3 is 2.22 bits per heavy atom. The second kappa shape index (κ2) is 12.3. The number of hydrogen-bond donors (Lipinski definition) is 8. The number of rotatable bonds is 15. The van der Waals surface area contributed by atoms with E-state index in [0.29, 0.717) is 26.1 Å².